The Hall–Kier alpha value is -2.94. The van der Waals surface area contributed by atoms with Gasteiger partial charge in [0, 0.05) is 26.3 Å². The summed E-state index contributed by atoms with van der Waals surface area (Å²) in [4.78, 5) is 27.6. The molecule has 9 heteroatoms. The molecule has 0 spiro atoms. The van der Waals surface area contributed by atoms with Crippen molar-refractivity contribution in [1.82, 2.24) is 9.80 Å². The van der Waals surface area contributed by atoms with Crippen LogP contribution in [0.2, 0.25) is 0 Å². The van der Waals surface area contributed by atoms with E-state index in [4.69, 9.17) is 4.74 Å². The summed E-state index contributed by atoms with van der Waals surface area (Å²) in [7, 11) is -1.80. The number of carbonyl (C=O) groups excluding carboxylic acids is 2. The number of hydrogen-bond acceptors (Lipinski definition) is 6. The van der Waals surface area contributed by atoms with Crippen LogP contribution in [0.25, 0.3) is 0 Å². The van der Waals surface area contributed by atoms with Crippen molar-refractivity contribution in [3.63, 3.8) is 0 Å². The minimum Gasteiger partial charge on any atom is -0.452 e. The number of aryl methyl sites for hydroxylation is 1. The highest BCUT2D eigenvalue weighted by atomic mass is 32.2. The number of amidine groups is 1. The Morgan fingerprint density at radius 2 is 1.86 bits per heavy atom. The number of hydrogen-bond donors (Lipinski definition) is 0. The van der Waals surface area contributed by atoms with Gasteiger partial charge >= 0.3 is 5.97 Å². The van der Waals surface area contributed by atoms with E-state index in [0.717, 1.165) is 12.0 Å². The fourth-order valence-corrected chi connectivity index (χ4v) is 3.85. The summed E-state index contributed by atoms with van der Waals surface area (Å²) in [6.07, 6.45) is 5.32. The number of fused-ring (bicyclic) bond motifs is 1. The van der Waals surface area contributed by atoms with Crippen molar-refractivity contribution in [1.29, 1.82) is 0 Å². The standard InChI is InChI=1S/C20H23N3O5S/c1-3-15-4-6-16(7-5-15)12-22(2)19(24)14-28-20(25)17-8-9-18-21-29(26,27)11-10-23(18)13-17/h4-9,13H,3,10-12,14H2,1-2H3. The number of esters is 1. The van der Waals surface area contributed by atoms with E-state index in [1.807, 2.05) is 24.3 Å². The van der Waals surface area contributed by atoms with Crippen LogP contribution in [0.3, 0.4) is 0 Å². The Kier molecular flexibility index (Phi) is 6.17. The highest BCUT2D eigenvalue weighted by molar-refractivity contribution is 7.90. The van der Waals surface area contributed by atoms with E-state index in [1.165, 1.54) is 28.8 Å². The van der Waals surface area contributed by atoms with Crippen molar-refractivity contribution in [3.8, 4) is 0 Å². The van der Waals surface area contributed by atoms with Gasteiger partial charge in [0.1, 0.15) is 5.84 Å². The first-order valence-corrected chi connectivity index (χ1v) is 10.9. The van der Waals surface area contributed by atoms with Crippen LogP contribution in [-0.2, 0) is 37.3 Å². The molecule has 154 valence electrons. The van der Waals surface area contributed by atoms with E-state index in [-0.39, 0.29) is 36.2 Å². The average Bonchev–Trinajstić information content (AvgIpc) is 2.71. The van der Waals surface area contributed by atoms with Gasteiger partial charge in [-0.05, 0) is 29.7 Å². The largest absolute Gasteiger partial charge is 0.452 e. The van der Waals surface area contributed by atoms with Gasteiger partial charge in [-0.2, -0.15) is 0 Å². The normalized spacial score (nSPS) is 17.1. The average molecular weight is 417 g/mol. The summed E-state index contributed by atoms with van der Waals surface area (Å²) < 4.78 is 31.8. The smallest absolute Gasteiger partial charge is 0.340 e. The van der Waals surface area contributed by atoms with Crippen LogP contribution in [0.4, 0.5) is 0 Å². The zero-order chi connectivity index (χ0) is 21.0. The van der Waals surface area contributed by atoms with Gasteiger partial charge in [-0.15, -0.1) is 4.40 Å². The minimum absolute atomic E-state index is 0.119. The van der Waals surface area contributed by atoms with E-state index in [2.05, 4.69) is 11.3 Å². The van der Waals surface area contributed by atoms with E-state index >= 15 is 0 Å². The van der Waals surface area contributed by atoms with Gasteiger partial charge in [0.2, 0.25) is 0 Å². The molecule has 0 radical (unpaired) electrons. The molecule has 1 aromatic carbocycles. The number of amides is 1. The van der Waals surface area contributed by atoms with Gasteiger partial charge in [-0.1, -0.05) is 31.2 Å². The maximum Gasteiger partial charge on any atom is 0.340 e. The number of likely N-dealkylation sites (N-methyl/N-ethyl adjacent to an activating group) is 1. The molecule has 0 bridgehead atoms. The molecule has 0 N–H and O–H groups in total. The lowest BCUT2D eigenvalue weighted by Gasteiger charge is -2.26. The van der Waals surface area contributed by atoms with Crippen LogP contribution in [0.1, 0.15) is 18.1 Å². The van der Waals surface area contributed by atoms with Crippen molar-refractivity contribution in [2.45, 2.75) is 19.9 Å². The maximum atomic E-state index is 12.3. The first-order chi connectivity index (χ1) is 13.8. The predicted octanol–water partition coefficient (Wildman–Crippen LogP) is 1.25. The van der Waals surface area contributed by atoms with E-state index < -0.39 is 16.0 Å². The molecule has 0 aromatic heterocycles. The van der Waals surface area contributed by atoms with Crippen LogP contribution >= 0.6 is 0 Å². The van der Waals surface area contributed by atoms with Crippen LogP contribution in [0, 0.1) is 0 Å². The number of ether oxygens (including phenoxy) is 1. The molecule has 8 nitrogen and oxygen atoms in total. The SMILES string of the molecule is CCc1ccc(CN(C)C(=O)COC(=O)C2=CN3CCS(=O)(=O)N=C3C=C2)cc1. The van der Waals surface area contributed by atoms with Crippen LogP contribution < -0.4 is 0 Å². The number of carbonyl (C=O) groups is 2. The van der Waals surface area contributed by atoms with E-state index in [9.17, 15) is 18.0 Å². The number of rotatable bonds is 6. The summed E-state index contributed by atoms with van der Waals surface area (Å²) >= 11 is 0. The molecule has 0 fully saturated rings. The van der Waals surface area contributed by atoms with E-state index in [1.54, 1.807) is 11.9 Å². The first-order valence-electron chi connectivity index (χ1n) is 9.25. The zero-order valence-electron chi connectivity index (χ0n) is 16.4. The van der Waals surface area contributed by atoms with E-state index in [0.29, 0.717) is 6.54 Å². The molecule has 29 heavy (non-hydrogen) atoms. The Labute approximate surface area is 170 Å². The first kappa shape index (κ1) is 20.8. The third kappa shape index (κ3) is 5.32. The van der Waals surface area contributed by atoms with Crippen molar-refractivity contribution >= 4 is 27.7 Å². The molecule has 0 unspecified atom stereocenters. The van der Waals surface area contributed by atoms with Crippen molar-refractivity contribution in [2.75, 3.05) is 26.0 Å². The quantitative estimate of drug-likeness (QED) is 0.647. The van der Waals surface area contributed by atoms with Crippen LogP contribution in [0.5, 0.6) is 0 Å². The van der Waals surface area contributed by atoms with Crippen molar-refractivity contribution in [3.05, 3.63) is 59.3 Å². The van der Waals surface area contributed by atoms with Gasteiger partial charge in [-0.3, -0.25) is 4.79 Å². The van der Waals surface area contributed by atoms with Gasteiger partial charge in [0.05, 0.1) is 11.3 Å². The monoisotopic (exact) mass is 417 g/mol. The summed E-state index contributed by atoms with van der Waals surface area (Å²) in [5, 5.41) is 0. The second kappa shape index (κ2) is 8.60. The van der Waals surface area contributed by atoms with Gasteiger partial charge in [0.25, 0.3) is 15.9 Å². The topological polar surface area (TPSA) is 96.4 Å². The molecule has 1 aromatic rings. The Morgan fingerprint density at radius 1 is 1.17 bits per heavy atom. The fraction of sp³-hybridized carbons (Fsp3) is 0.350. The Balaban J connectivity index is 1.53. The molecule has 0 saturated heterocycles. The summed E-state index contributed by atoms with van der Waals surface area (Å²) in [6, 6.07) is 8.01. The molecule has 0 aliphatic carbocycles. The molecule has 2 aliphatic heterocycles. The van der Waals surface area contributed by atoms with Gasteiger partial charge in [0.15, 0.2) is 6.61 Å². The highest BCUT2D eigenvalue weighted by Crippen LogP contribution is 2.16. The lowest BCUT2D eigenvalue weighted by atomic mass is 10.1. The number of benzene rings is 1. The second-order valence-corrected chi connectivity index (χ2v) is 8.60. The summed E-state index contributed by atoms with van der Waals surface area (Å²) in [5.74, 6) is -0.823. The highest BCUT2D eigenvalue weighted by Gasteiger charge is 2.25. The molecule has 1 amide bonds. The fourth-order valence-electron chi connectivity index (χ4n) is 2.88. The molecule has 0 atom stereocenters. The molecular formula is C20H23N3O5S. The van der Waals surface area contributed by atoms with Crippen molar-refractivity contribution < 1.29 is 22.7 Å². The minimum atomic E-state index is -3.45. The Bertz CT molecular complexity index is 993. The predicted molar refractivity (Wildman–Crippen MR) is 108 cm³/mol. The lowest BCUT2D eigenvalue weighted by Crippen LogP contribution is -2.37. The maximum absolute atomic E-state index is 12.3. The Morgan fingerprint density at radius 3 is 2.55 bits per heavy atom. The van der Waals surface area contributed by atoms with Crippen molar-refractivity contribution in [2.24, 2.45) is 4.40 Å². The summed E-state index contributed by atoms with van der Waals surface area (Å²) in [5.41, 5.74) is 2.45. The molecular weight excluding hydrogens is 394 g/mol. The molecule has 0 saturated carbocycles. The molecule has 3 rings (SSSR count). The van der Waals surface area contributed by atoms with Gasteiger partial charge < -0.3 is 14.5 Å². The third-order valence-corrected chi connectivity index (χ3v) is 5.83. The second-order valence-electron chi connectivity index (χ2n) is 6.84. The number of sulfonamides is 1. The summed E-state index contributed by atoms with van der Waals surface area (Å²) in [6.45, 7) is 2.34. The van der Waals surface area contributed by atoms with Crippen LogP contribution in [0.15, 0.2) is 52.6 Å². The lowest BCUT2D eigenvalue weighted by molar-refractivity contribution is -0.148. The zero-order valence-corrected chi connectivity index (χ0v) is 17.2. The molecule has 2 heterocycles. The van der Waals surface area contributed by atoms with Crippen LogP contribution in [-0.4, -0.2) is 61.9 Å². The number of nitrogens with zero attached hydrogens (tertiary/aromatic N) is 3. The third-order valence-electron chi connectivity index (χ3n) is 4.66. The molecule has 2 aliphatic rings. The van der Waals surface area contributed by atoms with Gasteiger partial charge in [-0.25, -0.2) is 13.2 Å².